The van der Waals surface area contributed by atoms with E-state index in [2.05, 4.69) is 43.6 Å². The van der Waals surface area contributed by atoms with Crippen LogP contribution in [0.5, 0.6) is 0 Å². The minimum Gasteiger partial charge on any atom is -0.344 e. The van der Waals surface area contributed by atoms with Crippen LogP contribution >= 0.6 is 15.9 Å². The van der Waals surface area contributed by atoms with Crippen LogP contribution < -0.4 is 6.15 Å². The van der Waals surface area contributed by atoms with E-state index in [0.29, 0.717) is 4.32 Å². The molecule has 1 atom stereocenters. The smallest absolute Gasteiger partial charge is 0.0227 e. The first-order valence-electron chi connectivity index (χ1n) is 7.17. The number of halogens is 1. The van der Waals surface area contributed by atoms with Gasteiger partial charge in [0.25, 0.3) is 0 Å². The van der Waals surface area contributed by atoms with Gasteiger partial charge in [-0.1, -0.05) is 81.1 Å². The fourth-order valence-corrected chi connectivity index (χ4v) is 2.16. The largest absolute Gasteiger partial charge is 0.344 e. The summed E-state index contributed by atoms with van der Waals surface area (Å²) in [6.45, 7) is 9.20. The molecule has 0 saturated heterocycles. The van der Waals surface area contributed by atoms with Crippen LogP contribution in [0, 0.1) is 5.92 Å². The van der Waals surface area contributed by atoms with Gasteiger partial charge in [-0.25, -0.2) is 0 Å². The van der Waals surface area contributed by atoms with Gasteiger partial charge in [0.05, 0.1) is 0 Å². The standard InChI is InChI=1S/C15H31Br.H3N/c1-5-6-7-8-9-10-11-12-13-14(2)15(3,4)16;/h14H,5-13H2,1-4H3;1H3. The molecule has 0 heterocycles. The average Bonchev–Trinajstić information content (AvgIpc) is 2.20. The van der Waals surface area contributed by atoms with E-state index in [0.717, 1.165) is 5.92 Å². The number of unbranched alkanes of at least 4 members (excludes halogenated alkanes) is 7. The van der Waals surface area contributed by atoms with Gasteiger partial charge < -0.3 is 6.15 Å². The first-order chi connectivity index (χ1) is 7.48. The van der Waals surface area contributed by atoms with E-state index in [9.17, 15) is 0 Å². The molecule has 0 fully saturated rings. The average molecular weight is 308 g/mol. The minimum absolute atomic E-state index is 0. The van der Waals surface area contributed by atoms with Gasteiger partial charge >= 0.3 is 0 Å². The molecule has 17 heavy (non-hydrogen) atoms. The van der Waals surface area contributed by atoms with E-state index in [1.54, 1.807) is 0 Å². The molecule has 2 heteroatoms. The predicted molar refractivity (Wildman–Crippen MR) is 84.4 cm³/mol. The number of hydrogen-bond acceptors (Lipinski definition) is 1. The van der Waals surface area contributed by atoms with Crippen molar-refractivity contribution in [3.05, 3.63) is 0 Å². The predicted octanol–water partition coefficient (Wildman–Crippen LogP) is 6.49. The molecule has 0 aromatic rings. The fourth-order valence-electron chi connectivity index (χ4n) is 1.93. The van der Waals surface area contributed by atoms with Crippen molar-refractivity contribution in [2.24, 2.45) is 5.92 Å². The van der Waals surface area contributed by atoms with E-state index in [-0.39, 0.29) is 6.15 Å². The van der Waals surface area contributed by atoms with Crippen LogP contribution in [0.2, 0.25) is 0 Å². The first-order valence-corrected chi connectivity index (χ1v) is 7.96. The maximum atomic E-state index is 3.76. The molecule has 0 aliphatic rings. The Labute approximate surface area is 118 Å². The molecule has 0 radical (unpaired) electrons. The van der Waals surface area contributed by atoms with Crippen molar-refractivity contribution < 1.29 is 0 Å². The van der Waals surface area contributed by atoms with Crippen LogP contribution in [0.1, 0.15) is 85.5 Å². The molecule has 0 saturated carbocycles. The van der Waals surface area contributed by atoms with Crippen molar-refractivity contribution in [2.75, 3.05) is 0 Å². The van der Waals surface area contributed by atoms with Crippen molar-refractivity contribution in [1.82, 2.24) is 6.15 Å². The van der Waals surface area contributed by atoms with Gasteiger partial charge in [0.2, 0.25) is 0 Å². The highest BCUT2D eigenvalue weighted by molar-refractivity contribution is 9.10. The van der Waals surface area contributed by atoms with Gasteiger partial charge in [0.15, 0.2) is 0 Å². The summed E-state index contributed by atoms with van der Waals surface area (Å²) >= 11 is 3.76. The molecule has 1 nitrogen and oxygen atoms in total. The van der Waals surface area contributed by atoms with Crippen LogP contribution in [0.4, 0.5) is 0 Å². The monoisotopic (exact) mass is 307 g/mol. The Morgan fingerprint density at radius 3 is 1.71 bits per heavy atom. The zero-order valence-electron chi connectivity index (χ0n) is 12.5. The summed E-state index contributed by atoms with van der Waals surface area (Å²) < 4.78 is 0.314. The summed E-state index contributed by atoms with van der Waals surface area (Å²) in [5.74, 6) is 0.785. The van der Waals surface area contributed by atoms with Crippen LogP contribution in [-0.4, -0.2) is 4.32 Å². The molecule has 1 unspecified atom stereocenters. The molecule has 0 aliphatic heterocycles. The normalized spacial score (nSPS) is 13.2. The zero-order valence-corrected chi connectivity index (χ0v) is 14.1. The van der Waals surface area contributed by atoms with Gasteiger partial charge in [-0.3, -0.25) is 0 Å². The molecule has 0 aromatic heterocycles. The second-order valence-corrected chi connectivity index (χ2v) is 7.77. The SMILES string of the molecule is CCCCCCCCCCC(C)C(C)(C)Br.N. The molecule has 0 aliphatic carbocycles. The molecular weight excluding hydrogens is 274 g/mol. The lowest BCUT2D eigenvalue weighted by Crippen LogP contribution is -2.20. The van der Waals surface area contributed by atoms with E-state index in [4.69, 9.17) is 0 Å². The van der Waals surface area contributed by atoms with Gasteiger partial charge in [0.1, 0.15) is 0 Å². The topological polar surface area (TPSA) is 35.0 Å². The van der Waals surface area contributed by atoms with E-state index >= 15 is 0 Å². The number of hydrogen-bond donors (Lipinski definition) is 1. The van der Waals surface area contributed by atoms with E-state index in [1.165, 1.54) is 57.8 Å². The second-order valence-electron chi connectivity index (χ2n) is 5.73. The number of alkyl halides is 1. The lowest BCUT2D eigenvalue weighted by molar-refractivity contribution is 0.413. The quantitative estimate of drug-likeness (QED) is 0.363. The minimum atomic E-state index is 0. The van der Waals surface area contributed by atoms with Crippen molar-refractivity contribution >= 4 is 15.9 Å². The maximum Gasteiger partial charge on any atom is 0.0227 e. The molecule has 3 N–H and O–H groups in total. The van der Waals surface area contributed by atoms with Gasteiger partial charge in [-0.2, -0.15) is 0 Å². The van der Waals surface area contributed by atoms with Crippen molar-refractivity contribution in [3.8, 4) is 0 Å². The van der Waals surface area contributed by atoms with Crippen molar-refractivity contribution in [3.63, 3.8) is 0 Å². The van der Waals surface area contributed by atoms with Crippen LogP contribution in [0.25, 0.3) is 0 Å². The Bertz CT molecular complexity index is 151. The summed E-state index contributed by atoms with van der Waals surface area (Å²) in [6.07, 6.45) is 12.8. The Kier molecular flexibility index (Phi) is 13.4. The Morgan fingerprint density at radius 1 is 0.882 bits per heavy atom. The summed E-state index contributed by atoms with van der Waals surface area (Å²) in [6, 6.07) is 0. The first kappa shape index (κ1) is 19.8. The van der Waals surface area contributed by atoms with E-state index < -0.39 is 0 Å². The third-order valence-corrected chi connectivity index (χ3v) is 4.44. The molecule has 0 rings (SSSR count). The third kappa shape index (κ3) is 12.7. The summed E-state index contributed by atoms with van der Waals surface area (Å²) in [5.41, 5.74) is 0. The zero-order chi connectivity index (χ0) is 12.4. The summed E-state index contributed by atoms with van der Waals surface area (Å²) in [7, 11) is 0. The fraction of sp³-hybridized carbons (Fsp3) is 1.00. The summed E-state index contributed by atoms with van der Waals surface area (Å²) in [4.78, 5) is 0. The number of rotatable bonds is 10. The molecule has 0 bridgehead atoms. The van der Waals surface area contributed by atoms with E-state index in [1.807, 2.05) is 0 Å². The van der Waals surface area contributed by atoms with Crippen molar-refractivity contribution in [2.45, 2.75) is 89.8 Å². The van der Waals surface area contributed by atoms with Crippen LogP contribution in [0.3, 0.4) is 0 Å². The van der Waals surface area contributed by atoms with Gasteiger partial charge in [-0.15, -0.1) is 0 Å². The molecular formula is C15H34BrN. The Morgan fingerprint density at radius 2 is 1.29 bits per heavy atom. The van der Waals surface area contributed by atoms with Crippen LogP contribution in [0.15, 0.2) is 0 Å². The van der Waals surface area contributed by atoms with Gasteiger partial charge in [-0.05, 0) is 26.2 Å². The molecule has 0 spiro atoms. The molecule has 0 aromatic carbocycles. The van der Waals surface area contributed by atoms with Crippen molar-refractivity contribution in [1.29, 1.82) is 0 Å². The Hall–Kier alpha value is 0.440. The lowest BCUT2D eigenvalue weighted by Gasteiger charge is -2.25. The molecule has 106 valence electrons. The maximum absolute atomic E-state index is 3.76. The highest BCUT2D eigenvalue weighted by atomic mass is 79.9. The summed E-state index contributed by atoms with van der Waals surface area (Å²) in [5, 5.41) is 0. The lowest BCUT2D eigenvalue weighted by atomic mass is 9.92. The highest BCUT2D eigenvalue weighted by Crippen LogP contribution is 2.30. The van der Waals surface area contributed by atoms with Gasteiger partial charge in [0, 0.05) is 4.32 Å². The van der Waals surface area contributed by atoms with Crippen LogP contribution in [-0.2, 0) is 0 Å². The third-order valence-electron chi connectivity index (χ3n) is 3.66. The molecule has 0 amide bonds. The second kappa shape index (κ2) is 11.5. The Balaban J connectivity index is 0. The highest BCUT2D eigenvalue weighted by Gasteiger charge is 2.20.